The molecule has 1 saturated carbocycles. The number of hydrogen-bond acceptors (Lipinski definition) is 2. The van der Waals surface area contributed by atoms with Crippen LogP contribution >= 0.6 is 0 Å². The predicted molar refractivity (Wildman–Crippen MR) is 141 cm³/mol. The molecule has 2 amide bonds. The van der Waals surface area contributed by atoms with Crippen molar-refractivity contribution >= 4 is 11.8 Å². The van der Waals surface area contributed by atoms with Crippen LogP contribution in [-0.2, 0) is 9.59 Å². The Morgan fingerprint density at radius 1 is 0.697 bits per heavy atom. The van der Waals surface area contributed by atoms with Gasteiger partial charge >= 0.3 is 0 Å². The van der Waals surface area contributed by atoms with Crippen molar-refractivity contribution in [1.29, 1.82) is 0 Å². The Balaban J connectivity index is 0.000000249. The minimum absolute atomic E-state index is 0.230. The molecule has 3 rings (SSSR count). The van der Waals surface area contributed by atoms with Crippen LogP contribution in [0.25, 0.3) is 0 Å². The van der Waals surface area contributed by atoms with E-state index < -0.39 is 0 Å². The van der Waals surface area contributed by atoms with E-state index in [-0.39, 0.29) is 11.8 Å². The molecule has 4 nitrogen and oxygen atoms in total. The van der Waals surface area contributed by atoms with E-state index in [2.05, 4.69) is 48.5 Å². The Labute approximate surface area is 206 Å². The zero-order chi connectivity index (χ0) is 25.2. The summed E-state index contributed by atoms with van der Waals surface area (Å²) >= 11 is 0. The number of rotatable bonds is 3. The molecule has 0 aromatic heterocycles. The van der Waals surface area contributed by atoms with Crippen molar-refractivity contribution in [1.82, 2.24) is 9.80 Å². The lowest BCUT2D eigenvalue weighted by Gasteiger charge is -2.37. The molecule has 3 aliphatic rings. The second-order valence-electron chi connectivity index (χ2n) is 12.2. The molecule has 1 aliphatic carbocycles. The molecule has 33 heavy (non-hydrogen) atoms. The van der Waals surface area contributed by atoms with Gasteiger partial charge in [-0.1, -0.05) is 67.7 Å². The lowest BCUT2D eigenvalue weighted by Crippen LogP contribution is -2.38. The molecule has 1 atom stereocenters. The van der Waals surface area contributed by atoms with E-state index in [1.165, 1.54) is 51.4 Å². The number of carbonyl (C=O) groups excluding carboxylic acids is 2. The van der Waals surface area contributed by atoms with Gasteiger partial charge in [-0.15, -0.1) is 0 Å². The highest BCUT2D eigenvalue weighted by Gasteiger charge is 2.29. The molecule has 2 aliphatic heterocycles. The monoisotopic (exact) mass is 464 g/mol. The number of piperidine rings is 1. The third-order valence-electron chi connectivity index (χ3n) is 8.93. The Morgan fingerprint density at radius 2 is 1.12 bits per heavy atom. The molecule has 0 aromatic rings. The smallest absolute Gasteiger partial charge is 0.219 e. The van der Waals surface area contributed by atoms with Gasteiger partial charge in [0.2, 0.25) is 11.8 Å². The van der Waals surface area contributed by atoms with Crippen molar-refractivity contribution in [2.45, 2.75) is 114 Å². The van der Waals surface area contributed by atoms with Crippen LogP contribution in [-0.4, -0.2) is 47.8 Å². The van der Waals surface area contributed by atoms with Crippen molar-refractivity contribution in [3.8, 4) is 0 Å². The van der Waals surface area contributed by atoms with Gasteiger partial charge in [-0.3, -0.25) is 9.59 Å². The molecule has 0 N–H and O–H groups in total. The minimum atomic E-state index is 0.230. The van der Waals surface area contributed by atoms with E-state index in [4.69, 9.17) is 0 Å². The lowest BCUT2D eigenvalue weighted by molar-refractivity contribution is -0.130. The Morgan fingerprint density at radius 3 is 1.42 bits per heavy atom. The second kappa shape index (κ2) is 14.4. The first-order valence-corrected chi connectivity index (χ1v) is 13.9. The topological polar surface area (TPSA) is 40.6 Å². The fourth-order valence-electron chi connectivity index (χ4n) is 5.44. The van der Waals surface area contributed by atoms with Crippen LogP contribution in [0, 0.1) is 35.0 Å². The summed E-state index contributed by atoms with van der Waals surface area (Å²) in [6.07, 6.45) is 10.9. The van der Waals surface area contributed by atoms with E-state index >= 15 is 0 Å². The maximum atomic E-state index is 11.0. The van der Waals surface area contributed by atoms with Crippen LogP contribution in [0.15, 0.2) is 0 Å². The maximum Gasteiger partial charge on any atom is 0.219 e. The summed E-state index contributed by atoms with van der Waals surface area (Å²) in [5, 5.41) is 0. The number of hydrogen-bond donors (Lipinski definition) is 0. The van der Waals surface area contributed by atoms with Gasteiger partial charge in [-0.05, 0) is 67.1 Å². The van der Waals surface area contributed by atoms with Gasteiger partial charge in [-0.25, -0.2) is 0 Å². The predicted octanol–water partition coefficient (Wildman–Crippen LogP) is 7.02. The van der Waals surface area contributed by atoms with Gasteiger partial charge in [0.25, 0.3) is 0 Å². The first-order chi connectivity index (χ1) is 15.4. The molecular weight excluding hydrogens is 408 g/mol. The first-order valence-electron chi connectivity index (χ1n) is 13.9. The highest BCUT2D eigenvalue weighted by atomic mass is 16.2. The first kappa shape index (κ1) is 30.0. The van der Waals surface area contributed by atoms with Crippen LogP contribution in [0.4, 0.5) is 0 Å². The Kier molecular flexibility index (Phi) is 13.0. The number of likely N-dealkylation sites (tertiary alicyclic amines) is 2. The van der Waals surface area contributed by atoms with Crippen molar-refractivity contribution in [3.05, 3.63) is 0 Å². The molecule has 0 spiro atoms. The highest BCUT2D eigenvalue weighted by Crippen LogP contribution is 2.41. The van der Waals surface area contributed by atoms with Crippen LogP contribution in [0.1, 0.15) is 114 Å². The lowest BCUT2D eigenvalue weighted by atomic mass is 9.69. The van der Waals surface area contributed by atoms with Crippen molar-refractivity contribution in [2.75, 3.05) is 26.2 Å². The summed E-state index contributed by atoms with van der Waals surface area (Å²) in [6, 6.07) is 0. The van der Waals surface area contributed by atoms with Gasteiger partial charge in [0, 0.05) is 40.0 Å². The van der Waals surface area contributed by atoms with Crippen LogP contribution in [0.3, 0.4) is 0 Å². The second-order valence-corrected chi connectivity index (χ2v) is 12.2. The molecule has 1 unspecified atom stereocenters. The largest absolute Gasteiger partial charge is 0.343 e. The maximum absolute atomic E-state index is 11.0. The number of nitrogens with zero attached hydrogens (tertiary/aromatic N) is 2. The van der Waals surface area contributed by atoms with Crippen LogP contribution in [0.5, 0.6) is 0 Å². The Bertz CT molecular complexity index is 570. The van der Waals surface area contributed by atoms with Crippen LogP contribution in [0.2, 0.25) is 0 Å². The van der Waals surface area contributed by atoms with Crippen molar-refractivity contribution in [3.63, 3.8) is 0 Å². The number of carbonyl (C=O) groups is 2. The molecule has 2 saturated heterocycles. The summed E-state index contributed by atoms with van der Waals surface area (Å²) in [5.41, 5.74) is 0.679. The fourth-order valence-corrected chi connectivity index (χ4v) is 5.44. The average Bonchev–Trinajstić information content (AvgIpc) is 3.26. The molecule has 0 bridgehead atoms. The fraction of sp³-hybridized carbons (Fsp3) is 0.931. The molecule has 0 radical (unpaired) electrons. The standard InChI is InChI=1S/C10H19NO.C10H20.C9H17NO/c1-8(2)10-4-6-11(7-5-10)9(3)12;1-9(2)10(3)7-5-4-6-8-10;1-7(2)9-4-5-10(6-9)8(3)11/h8,10H,4-7H2,1-3H3;9H,4-8H2,1-3H3;7,9H,4-6H2,1-3H3. The molecule has 0 aromatic carbocycles. The normalized spacial score (nSPS) is 23.2. The molecular formula is C29H56N2O2. The van der Waals surface area contributed by atoms with E-state index in [1.54, 1.807) is 13.8 Å². The highest BCUT2D eigenvalue weighted by molar-refractivity contribution is 5.73. The average molecular weight is 465 g/mol. The van der Waals surface area contributed by atoms with Gasteiger partial charge < -0.3 is 9.80 Å². The third-order valence-corrected chi connectivity index (χ3v) is 8.93. The van der Waals surface area contributed by atoms with E-state index in [0.29, 0.717) is 5.41 Å². The summed E-state index contributed by atoms with van der Waals surface area (Å²) in [6.45, 7) is 23.4. The van der Waals surface area contributed by atoms with E-state index in [0.717, 1.165) is 55.8 Å². The quantitative estimate of drug-likeness (QED) is 0.450. The van der Waals surface area contributed by atoms with Crippen molar-refractivity contribution in [2.24, 2.45) is 35.0 Å². The van der Waals surface area contributed by atoms with Gasteiger partial charge in [0.1, 0.15) is 0 Å². The SMILES string of the molecule is CC(=O)N1CCC(C(C)C)C1.CC(=O)N1CCC(C(C)C)CC1.CC(C)C1(C)CCCCC1. The molecule has 194 valence electrons. The Hall–Kier alpha value is -1.06. The molecule has 4 heteroatoms. The summed E-state index contributed by atoms with van der Waals surface area (Å²) in [4.78, 5) is 25.8. The van der Waals surface area contributed by atoms with Gasteiger partial charge in [-0.2, -0.15) is 0 Å². The van der Waals surface area contributed by atoms with Crippen LogP contribution < -0.4 is 0 Å². The zero-order valence-electron chi connectivity index (χ0n) is 23.6. The molecule has 2 heterocycles. The molecule has 3 fully saturated rings. The van der Waals surface area contributed by atoms with Gasteiger partial charge in [0.15, 0.2) is 0 Å². The van der Waals surface area contributed by atoms with Crippen molar-refractivity contribution < 1.29 is 9.59 Å². The van der Waals surface area contributed by atoms with E-state index in [9.17, 15) is 9.59 Å². The van der Waals surface area contributed by atoms with Gasteiger partial charge in [0.05, 0.1) is 0 Å². The zero-order valence-corrected chi connectivity index (χ0v) is 23.6. The minimum Gasteiger partial charge on any atom is -0.343 e. The summed E-state index contributed by atoms with van der Waals surface area (Å²) < 4.78 is 0. The van der Waals surface area contributed by atoms with E-state index in [1.807, 2.05) is 9.80 Å². The number of amides is 2. The summed E-state index contributed by atoms with van der Waals surface area (Å²) in [7, 11) is 0. The third kappa shape index (κ3) is 10.4. The summed E-state index contributed by atoms with van der Waals surface area (Å²) in [5.74, 6) is 4.41.